The Hall–Kier alpha value is -1.75. The Bertz CT molecular complexity index is 717. The quantitative estimate of drug-likeness (QED) is 0.344. The molecule has 2 aliphatic rings. The van der Waals surface area contributed by atoms with E-state index in [0.717, 1.165) is 44.0 Å². The fourth-order valence-electron chi connectivity index (χ4n) is 3.69. The number of nitrogens with one attached hydrogen (secondary N) is 1. The van der Waals surface area contributed by atoms with Crippen molar-refractivity contribution in [2.45, 2.75) is 32.4 Å². The van der Waals surface area contributed by atoms with Crippen molar-refractivity contribution in [3.63, 3.8) is 0 Å². The van der Waals surface area contributed by atoms with Crippen LogP contribution in [-0.2, 0) is 16.1 Å². The number of hydrogen-bond donors (Lipinski definition) is 1. The number of guanidine groups is 1. The van der Waals surface area contributed by atoms with Crippen LogP contribution in [0.15, 0.2) is 23.2 Å². The average molecular weight is 532 g/mol. The van der Waals surface area contributed by atoms with E-state index < -0.39 is 0 Å². The van der Waals surface area contributed by atoms with Crippen molar-refractivity contribution < 1.29 is 19.0 Å². The van der Waals surface area contributed by atoms with Crippen LogP contribution in [0.2, 0.25) is 0 Å². The van der Waals surface area contributed by atoms with Crippen LogP contribution in [0.1, 0.15) is 25.3 Å². The number of nitrogens with zero attached hydrogens (tertiary/aromatic N) is 3. The molecule has 1 atom stereocenters. The van der Waals surface area contributed by atoms with Gasteiger partial charge in [-0.1, -0.05) is 6.07 Å². The van der Waals surface area contributed by atoms with E-state index in [1.165, 1.54) is 0 Å². The second-order valence-corrected chi connectivity index (χ2v) is 7.17. The van der Waals surface area contributed by atoms with Crippen LogP contribution in [0.3, 0.4) is 0 Å². The molecule has 0 aromatic heterocycles. The number of rotatable bonds is 6. The van der Waals surface area contributed by atoms with Gasteiger partial charge in [0.2, 0.25) is 0 Å². The molecule has 2 heterocycles. The minimum absolute atomic E-state index is 0. The first-order valence-electron chi connectivity index (χ1n) is 10.3. The van der Waals surface area contributed by atoms with E-state index in [4.69, 9.17) is 19.2 Å². The van der Waals surface area contributed by atoms with E-state index in [2.05, 4.69) is 17.1 Å². The summed E-state index contributed by atoms with van der Waals surface area (Å²) in [7, 11) is 3.26. The fourth-order valence-corrected chi connectivity index (χ4v) is 3.69. The van der Waals surface area contributed by atoms with Gasteiger partial charge in [-0.3, -0.25) is 4.79 Å². The normalized spacial score (nSPS) is 19.3. The monoisotopic (exact) mass is 532 g/mol. The number of benzene rings is 1. The first-order chi connectivity index (χ1) is 14.2. The lowest BCUT2D eigenvalue weighted by Crippen LogP contribution is -2.55. The Balaban J connectivity index is 0.00000320. The number of halogens is 1. The molecule has 1 N–H and O–H groups in total. The molecule has 8 nitrogen and oxygen atoms in total. The first kappa shape index (κ1) is 24.5. The molecule has 1 amide bonds. The molecule has 1 aromatic carbocycles. The predicted octanol–water partition coefficient (Wildman–Crippen LogP) is 2.11. The molecule has 1 unspecified atom stereocenters. The molecule has 2 fully saturated rings. The number of ether oxygens (including phenoxy) is 3. The second-order valence-electron chi connectivity index (χ2n) is 7.17. The van der Waals surface area contributed by atoms with Gasteiger partial charge in [0.05, 0.1) is 20.8 Å². The third-order valence-electron chi connectivity index (χ3n) is 5.29. The summed E-state index contributed by atoms with van der Waals surface area (Å²) in [6, 6.07) is 5.84. The number of aliphatic imine (C=N–C) groups is 1. The van der Waals surface area contributed by atoms with Crippen LogP contribution in [0.4, 0.5) is 0 Å². The number of carbonyl (C=O) groups is 1. The zero-order chi connectivity index (χ0) is 20.6. The fraction of sp³-hybridized carbons (Fsp3) is 0.619. The zero-order valence-electron chi connectivity index (χ0n) is 18.1. The molecular weight excluding hydrogens is 499 g/mol. The lowest BCUT2D eigenvalue weighted by molar-refractivity contribution is -0.142. The summed E-state index contributed by atoms with van der Waals surface area (Å²) in [5.41, 5.74) is 1.05. The highest BCUT2D eigenvalue weighted by molar-refractivity contribution is 14.0. The molecule has 0 spiro atoms. The minimum Gasteiger partial charge on any atom is -0.493 e. The van der Waals surface area contributed by atoms with E-state index in [0.29, 0.717) is 37.7 Å². The summed E-state index contributed by atoms with van der Waals surface area (Å²) >= 11 is 0. The van der Waals surface area contributed by atoms with Crippen LogP contribution >= 0.6 is 24.0 Å². The van der Waals surface area contributed by atoms with Gasteiger partial charge in [0, 0.05) is 39.3 Å². The van der Waals surface area contributed by atoms with Gasteiger partial charge in [-0.2, -0.15) is 0 Å². The highest BCUT2D eigenvalue weighted by Gasteiger charge is 2.30. The molecule has 168 valence electrons. The summed E-state index contributed by atoms with van der Waals surface area (Å²) in [6.45, 7) is 7.00. The van der Waals surface area contributed by atoms with Crippen molar-refractivity contribution in [2.24, 2.45) is 4.99 Å². The van der Waals surface area contributed by atoms with Gasteiger partial charge in [-0.15, -0.1) is 24.0 Å². The molecule has 0 aliphatic carbocycles. The van der Waals surface area contributed by atoms with Crippen molar-refractivity contribution in [3.8, 4) is 11.5 Å². The van der Waals surface area contributed by atoms with Crippen LogP contribution in [-0.4, -0.2) is 81.3 Å². The van der Waals surface area contributed by atoms with Crippen LogP contribution < -0.4 is 14.8 Å². The summed E-state index contributed by atoms with van der Waals surface area (Å²) in [5.74, 6) is 2.41. The van der Waals surface area contributed by atoms with Crippen LogP contribution in [0.5, 0.6) is 11.5 Å². The third-order valence-corrected chi connectivity index (χ3v) is 5.29. The summed E-state index contributed by atoms with van der Waals surface area (Å²) < 4.78 is 16.2. The summed E-state index contributed by atoms with van der Waals surface area (Å²) in [5, 5.41) is 3.36. The van der Waals surface area contributed by atoms with Crippen LogP contribution in [0.25, 0.3) is 0 Å². The summed E-state index contributed by atoms with van der Waals surface area (Å²) in [6.07, 6.45) is 1.58. The number of hydrogen-bond acceptors (Lipinski definition) is 5. The SMILES string of the molecule is CCNC(=NCc1ccc(OC)c(OC)c1)N1CCN(C(=O)C2CCCO2)CC1.I. The molecular formula is C21H33IN4O4. The Morgan fingerprint density at radius 1 is 1.17 bits per heavy atom. The third kappa shape index (κ3) is 6.13. The second kappa shape index (κ2) is 12.2. The van der Waals surface area contributed by atoms with Crippen LogP contribution in [0, 0.1) is 0 Å². The smallest absolute Gasteiger partial charge is 0.251 e. The van der Waals surface area contributed by atoms with E-state index >= 15 is 0 Å². The van der Waals surface area contributed by atoms with E-state index in [-0.39, 0.29) is 36.0 Å². The zero-order valence-corrected chi connectivity index (χ0v) is 20.4. The molecule has 3 rings (SSSR count). The Kier molecular flexibility index (Phi) is 9.96. The van der Waals surface area contributed by atoms with Gasteiger partial charge in [0.25, 0.3) is 5.91 Å². The van der Waals surface area contributed by atoms with Gasteiger partial charge in [-0.05, 0) is 37.5 Å². The Labute approximate surface area is 196 Å². The highest BCUT2D eigenvalue weighted by atomic mass is 127. The lowest BCUT2D eigenvalue weighted by Gasteiger charge is -2.37. The first-order valence-corrected chi connectivity index (χ1v) is 10.3. The topological polar surface area (TPSA) is 75.6 Å². The highest BCUT2D eigenvalue weighted by Crippen LogP contribution is 2.27. The maximum atomic E-state index is 12.5. The van der Waals surface area contributed by atoms with Crippen molar-refractivity contribution in [2.75, 3.05) is 53.6 Å². The van der Waals surface area contributed by atoms with Crippen molar-refractivity contribution in [1.82, 2.24) is 15.1 Å². The van der Waals surface area contributed by atoms with Crippen molar-refractivity contribution >= 4 is 35.8 Å². The number of carbonyl (C=O) groups excluding carboxylic acids is 1. The van der Waals surface area contributed by atoms with E-state index in [1.54, 1.807) is 14.2 Å². The predicted molar refractivity (Wildman–Crippen MR) is 127 cm³/mol. The molecule has 30 heavy (non-hydrogen) atoms. The van der Waals surface area contributed by atoms with Gasteiger partial charge >= 0.3 is 0 Å². The molecule has 1 aromatic rings. The summed E-state index contributed by atoms with van der Waals surface area (Å²) in [4.78, 5) is 21.5. The van der Waals surface area contributed by atoms with Gasteiger partial charge in [-0.25, -0.2) is 4.99 Å². The lowest BCUT2D eigenvalue weighted by atomic mass is 10.2. The molecule has 0 bridgehead atoms. The number of piperazine rings is 1. The molecule has 0 saturated carbocycles. The van der Waals surface area contributed by atoms with E-state index in [1.807, 2.05) is 23.1 Å². The molecule has 9 heteroatoms. The van der Waals surface area contributed by atoms with Crippen molar-refractivity contribution in [3.05, 3.63) is 23.8 Å². The number of methoxy groups -OCH3 is 2. The van der Waals surface area contributed by atoms with Gasteiger partial charge in [0.1, 0.15) is 6.10 Å². The van der Waals surface area contributed by atoms with Gasteiger partial charge in [0.15, 0.2) is 17.5 Å². The molecule has 2 aliphatic heterocycles. The largest absolute Gasteiger partial charge is 0.493 e. The maximum absolute atomic E-state index is 12.5. The molecule has 0 radical (unpaired) electrons. The number of amides is 1. The maximum Gasteiger partial charge on any atom is 0.251 e. The molecule has 2 saturated heterocycles. The van der Waals surface area contributed by atoms with Crippen molar-refractivity contribution in [1.29, 1.82) is 0 Å². The van der Waals surface area contributed by atoms with Gasteiger partial charge < -0.3 is 29.3 Å². The Morgan fingerprint density at radius 2 is 1.87 bits per heavy atom. The van der Waals surface area contributed by atoms with E-state index in [9.17, 15) is 4.79 Å². The average Bonchev–Trinajstić information content (AvgIpc) is 3.31. The minimum atomic E-state index is -0.242. The standard InChI is InChI=1S/C21H32N4O4.HI/c1-4-22-21(23-15-16-7-8-17(27-2)19(14-16)28-3)25-11-9-24(10-12-25)20(26)18-6-5-13-29-18;/h7-8,14,18H,4-6,9-13,15H2,1-3H3,(H,22,23);1H. The Morgan fingerprint density at radius 3 is 2.47 bits per heavy atom.